The van der Waals surface area contributed by atoms with Crippen LogP contribution in [0.3, 0.4) is 0 Å². The van der Waals surface area contributed by atoms with Crippen LogP contribution in [0.1, 0.15) is 47.2 Å². The van der Waals surface area contributed by atoms with E-state index >= 15 is 0 Å². The topological polar surface area (TPSA) is 104 Å². The van der Waals surface area contributed by atoms with Crippen molar-refractivity contribution in [3.63, 3.8) is 0 Å². The summed E-state index contributed by atoms with van der Waals surface area (Å²) in [6.07, 6.45) is 5.69. The summed E-state index contributed by atoms with van der Waals surface area (Å²) in [5.41, 5.74) is 1.73. The Bertz CT molecular complexity index is 1210. The first-order chi connectivity index (χ1) is 17.3. The molecule has 3 amide bonds. The van der Waals surface area contributed by atoms with Gasteiger partial charge in [0.15, 0.2) is 0 Å². The zero-order valence-corrected chi connectivity index (χ0v) is 21.8. The van der Waals surface area contributed by atoms with Crippen molar-refractivity contribution in [2.75, 3.05) is 19.6 Å². The molecule has 2 heterocycles. The normalized spacial score (nSPS) is 17.4. The van der Waals surface area contributed by atoms with Gasteiger partial charge in [0.1, 0.15) is 18.9 Å². The number of aromatic carboxylic acids is 1. The summed E-state index contributed by atoms with van der Waals surface area (Å²) in [5, 5.41) is 8.55. The lowest BCUT2D eigenvalue weighted by Gasteiger charge is -2.22. The Kier molecular flexibility index (Phi) is 8.48. The number of hydrogen-bond donors (Lipinski definition) is 1. The van der Waals surface area contributed by atoms with Crippen LogP contribution in [0, 0.1) is 0 Å². The predicted octanol–water partition coefficient (Wildman–Crippen LogP) is 5.17. The molecule has 2 aromatic carbocycles. The van der Waals surface area contributed by atoms with Gasteiger partial charge < -0.3 is 14.7 Å². The maximum Gasteiger partial charge on any atom is 0.335 e. The van der Waals surface area contributed by atoms with E-state index in [4.69, 9.17) is 9.84 Å². The van der Waals surface area contributed by atoms with Gasteiger partial charge in [-0.05, 0) is 82.0 Å². The molecule has 4 rings (SSSR count). The molecule has 36 heavy (non-hydrogen) atoms. The van der Waals surface area contributed by atoms with E-state index in [1.54, 1.807) is 41.3 Å². The molecule has 0 spiro atoms. The number of carboxylic acid groups (broad SMARTS) is 1. The van der Waals surface area contributed by atoms with Crippen LogP contribution in [0.2, 0.25) is 0 Å². The van der Waals surface area contributed by atoms with Crippen molar-refractivity contribution in [2.45, 2.75) is 32.3 Å². The van der Waals surface area contributed by atoms with Crippen molar-refractivity contribution in [3.05, 3.63) is 68.5 Å². The fourth-order valence-electron chi connectivity index (χ4n) is 3.97. The molecule has 0 saturated carbocycles. The Labute approximate surface area is 221 Å². The second-order valence-corrected chi connectivity index (χ2v) is 10.4. The number of amides is 3. The molecule has 2 aromatic rings. The van der Waals surface area contributed by atoms with Crippen LogP contribution in [-0.2, 0) is 16.2 Å². The molecular formula is C26H25BrN2O6S. The highest BCUT2D eigenvalue weighted by molar-refractivity contribution is 9.10. The largest absolute Gasteiger partial charge is 0.488 e. The Hall–Kier alpha value is -3.11. The van der Waals surface area contributed by atoms with Crippen LogP contribution >= 0.6 is 27.7 Å². The summed E-state index contributed by atoms with van der Waals surface area (Å²) in [4.78, 5) is 52.0. The fourth-order valence-corrected chi connectivity index (χ4v) is 5.32. The summed E-state index contributed by atoms with van der Waals surface area (Å²) in [5.74, 6) is -1.06. The van der Waals surface area contributed by atoms with Gasteiger partial charge in [-0.15, -0.1) is 0 Å². The molecule has 0 aromatic heterocycles. The lowest BCUT2D eigenvalue weighted by atomic mass is 10.1. The number of thioether (sulfide) groups is 1. The molecular weight excluding hydrogens is 548 g/mol. The maximum atomic E-state index is 12.9. The first kappa shape index (κ1) is 26.0. The molecule has 8 nitrogen and oxygen atoms in total. The van der Waals surface area contributed by atoms with Crippen molar-refractivity contribution in [2.24, 2.45) is 0 Å². The first-order valence-corrected chi connectivity index (χ1v) is 13.2. The summed E-state index contributed by atoms with van der Waals surface area (Å²) >= 11 is 4.30. The minimum Gasteiger partial charge on any atom is -0.488 e. The highest BCUT2D eigenvalue weighted by atomic mass is 79.9. The van der Waals surface area contributed by atoms with Gasteiger partial charge in [0, 0.05) is 13.1 Å². The van der Waals surface area contributed by atoms with Gasteiger partial charge in [-0.25, -0.2) is 4.79 Å². The zero-order chi connectivity index (χ0) is 25.7. The van der Waals surface area contributed by atoms with Crippen LogP contribution in [0.5, 0.6) is 5.75 Å². The van der Waals surface area contributed by atoms with Gasteiger partial charge in [0.2, 0.25) is 5.91 Å². The SMILES string of the molecule is O=C(O)c1ccc(COc2ccc(C=C3SC(=O)N(CC(=O)N4CCCCCC4)C3=O)cc2Br)cc1. The number of imide groups is 1. The first-order valence-electron chi connectivity index (χ1n) is 11.6. The molecule has 0 atom stereocenters. The number of nitrogens with zero attached hydrogens (tertiary/aromatic N) is 2. The fraction of sp³-hybridized carbons (Fsp3) is 0.308. The Morgan fingerprint density at radius 1 is 1.03 bits per heavy atom. The molecule has 1 N–H and O–H groups in total. The number of carboxylic acids is 1. The third-order valence-corrected chi connectivity index (χ3v) is 7.50. The van der Waals surface area contributed by atoms with Gasteiger partial charge in [0.05, 0.1) is 14.9 Å². The summed E-state index contributed by atoms with van der Waals surface area (Å²) in [7, 11) is 0. The molecule has 0 radical (unpaired) electrons. The zero-order valence-electron chi connectivity index (χ0n) is 19.4. The van der Waals surface area contributed by atoms with Gasteiger partial charge in [-0.1, -0.05) is 31.0 Å². The summed E-state index contributed by atoms with van der Waals surface area (Å²) in [6.45, 7) is 1.36. The second kappa shape index (κ2) is 11.7. The molecule has 188 valence electrons. The van der Waals surface area contributed by atoms with Crippen molar-refractivity contribution >= 4 is 56.8 Å². The van der Waals surface area contributed by atoms with Crippen LogP contribution in [0.15, 0.2) is 51.8 Å². The molecule has 0 aliphatic carbocycles. The van der Waals surface area contributed by atoms with E-state index in [0.717, 1.165) is 47.9 Å². The molecule has 0 bridgehead atoms. The van der Waals surface area contributed by atoms with E-state index in [1.807, 2.05) is 0 Å². The van der Waals surface area contributed by atoms with Crippen molar-refractivity contribution in [3.8, 4) is 5.75 Å². The lowest BCUT2D eigenvalue weighted by Crippen LogP contribution is -2.42. The summed E-state index contributed by atoms with van der Waals surface area (Å²) in [6, 6.07) is 11.7. The van der Waals surface area contributed by atoms with Crippen LogP contribution < -0.4 is 4.74 Å². The molecule has 0 unspecified atom stereocenters. The van der Waals surface area contributed by atoms with E-state index < -0.39 is 17.1 Å². The Balaban J connectivity index is 1.38. The van der Waals surface area contributed by atoms with Crippen LogP contribution in [-0.4, -0.2) is 57.6 Å². The van der Waals surface area contributed by atoms with Crippen molar-refractivity contribution in [1.29, 1.82) is 0 Å². The maximum absolute atomic E-state index is 12.9. The predicted molar refractivity (Wildman–Crippen MR) is 140 cm³/mol. The average Bonchev–Trinajstić information content (AvgIpc) is 3.04. The molecule has 2 saturated heterocycles. The molecule has 2 fully saturated rings. The number of ether oxygens (including phenoxy) is 1. The van der Waals surface area contributed by atoms with Gasteiger partial charge in [-0.3, -0.25) is 19.3 Å². The second-order valence-electron chi connectivity index (χ2n) is 8.54. The number of benzene rings is 2. The third-order valence-electron chi connectivity index (χ3n) is 5.97. The van der Waals surface area contributed by atoms with Crippen LogP contribution in [0.4, 0.5) is 4.79 Å². The Morgan fingerprint density at radius 3 is 2.36 bits per heavy atom. The summed E-state index contributed by atoms with van der Waals surface area (Å²) < 4.78 is 6.48. The van der Waals surface area contributed by atoms with E-state index in [-0.39, 0.29) is 29.5 Å². The molecule has 2 aliphatic rings. The molecule has 10 heteroatoms. The highest BCUT2D eigenvalue weighted by Gasteiger charge is 2.37. The number of rotatable bonds is 7. The monoisotopic (exact) mass is 572 g/mol. The number of carbonyl (C=O) groups is 4. The van der Waals surface area contributed by atoms with E-state index in [9.17, 15) is 19.2 Å². The Morgan fingerprint density at radius 2 is 1.72 bits per heavy atom. The van der Waals surface area contributed by atoms with E-state index in [1.165, 1.54) is 12.1 Å². The molecule has 2 aliphatic heterocycles. The number of likely N-dealkylation sites (tertiary alicyclic amines) is 1. The smallest absolute Gasteiger partial charge is 0.335 e. The highest BCUT2D eigenvalue weighted by Crippen LogP contribution is 2.34. The quantitative estimate of drug-likeness (QED) is 0.456. The van der Waals surface area contributed by atoms with E-state index in [0.29, 0.717) is 28.9 Å². The number of halogens is 1. The van der Waals surface area contributed by atoms with Crippen molar-refractivity contribution < 1.29 is 29.0 Å². The van der Waals surface area contributed by atoms with Crippen LogP contribution in [0.25, 0.3) is 6.08 Å². The van der Waals surface area contributed by atoms with E-state index in [2.05, 4.69) is 15.9 Å². The minimum absolute atomic E-state index is 0.192. The number of carbonyl (C=O) groups excluding carboxylic acids is 3. The van der Waals surface area contributed by atoms with Gasteiger partial charge in [-0.2, -0.15) is 0 Å². The minimum atomic E-state index is -0.984. The average molecular weight is 573 g/mol. The van der Waals surface area contributed by atoms with Crippen molar-refractivity contribution in [1.82, 2.24) is 9.80 Å². The van der Waals surface area contributed by atoms with Gasteiger partial charge >= 0.3 is 5.97 Å². The number of hydrogen-bond acceptors (Lipinski definition) is 6. The standard InChI is InChI=1S/C26H25BrN2O6S/c27-20-13-18(7-10-21(20)35-16-17-5-8-19(9-6-17)25(32)33)14-22-24(31)29(26(34)36-22)15-23(30)28-11-3-1-2-4-12-28/h5-10,13-14H,1-4,11-12,15-16H2,(H,32,33). The lowest BCUT2D eigenvalue weighted by molar-refractivity contribution is -0.135. The third kappa shape index (κ3) is 6.36. The van der Waals surface area contributed by atoms with Gasteiger partial charge in [0.25, 0.3) is 11.1 Å².